The maximum Gasteiger partial charge on any atom is 0.280 e. The van der Waals surface area contributed by atoms with Crippen molar-refractivity contribution in [1.29, 1.82) is 0 Å². The molecule has 1 heterocycles. The third-order valence-electron chi connectivity index (χ3n) is 5.00. The minimum atomic E-state index is -0.271. The monoisotopic (exact) mass is 503 g/mol. The number of benzene rings is 3. The van der Waals surface area contributed by atoms with Gasteiger partial charge in [-0.1, -0.05) is 46.3 Å². The molecule has 4 rings (SSSR count). The molecule has 0 saturated carbocycles. The van der Waals surface area contributed by atoms with E-state index in [1.807, 2.05) is 73.7 Å². The van der Waals surface area contributed by atoms with Crippen molar-refractivity contribution in [2.75, 3.05) is 16.9 Å². The predicted octanol–water partition coefficient (Wildman–Crippen LogP) is 5.58. The van der Waals surface area contributed by atoms with Gasteiger partial charge in [0.15, 0.2) is 6.61 Å². The normalized spacial score (nSPS) is 14.4. The lowest BCUT2D eigenvalue weighted by Crippen LogP contribution is -2.21. The number of nitrogens with zero attached hydrogens (tertiary/aromatic N) is 2. The quantitative estimate of drug-likeness (QED) is 0.446. The van der Waals surface area contributed by atoms with Gasteiger partial charge in [0.1, 0.15) is 5.75 Å². The van der Waals surface area contributed by atoms with E-state index in [0.29, 0.717) is 34.0 Å². The van der Waals surface area contributed by atoms with Gasteiger partial charge in [0.25, 0.3) is 11.8 Å². The number of hydrogen-bond donors (Lipinski definition) is 1. The first-order valence-electron chi connectivity index (χ1n) is 10.4. The average molecular weight is 504 g/mol. The summed E-state index contributed by atoms with van der Waals surface area (Å²) in [5, 5.41) is 8.62. The number of hydrogen-bond acceptors (Lipinski definition) is 4. The predicted molar refractivity (Wildman–Crippen MR) is 134 cm³/mol. The topological polar surface area (TPSA) is 71.0 Å². The van der Waals surface area contributed by atoms with Crippen molar-refractivity contribution >= 4 is 50.9 Å². The first-order valence-corrected chi connectivity index (χ1v) is 11.2. The van der Waals surface area contributed by atoms with Crippen molar-refractivity contribution in [2.24, 2.45) is 5.10 Å². The Balaban J connectivity index is 1.52. The van der Waals surface area contributed by atoms with Crippen molar-refractivity contribution in [3.63, 3.8) is 0 Å². The third kappa shape index (κ3) is 5.38. The summed E-state index contributed by atoms with van der Waals surface area (Å²) in [5.41, 5.74) is 4.20. The second-order valence-corrected chi connectivity index (χ2v) is 8.50. The van der Waals surface area contributed by atoms with E-state index in [-0.39, 0.29) is 18.4 Å². The fraction of sp³-hybridized carbons (Fsp3) is 0.115. The molecule has 0 aromatic heterocycles. The van der Waals surface area contributed by atoms with E-state index in [4.69, 9.17) is 4.74 Å². The van der Waals surface area contributed by atoms with E-state index < -0.39 is 0 Å². The second kappa shape index (κ2) is 9.83. The molecule has 0 unspecified atom stereocenters. The molecule has 0 radical (unpaired) electrons. The molecule has 3 aromatic rings. The zero-order chi connectivity index (χ0) is 23.4. The van der Waals surface area contributed by atoms with Crippen LogP contribution in [0.4, 0.5) is 11.4 Å². The Morgan fingerprint density at radius 1 is 1.06 bits per heavy atom. The maximum absolute atomic E-state index is 13.0. The highest BCUT2D eigenvalue weighted by Crippen LogP contribution is 2.29. The summed E-state index contributed by atoms with van der Waals surface area (Å²) in [6.07, 6.45) is 1.74. The number of carbonyl (C=O) groups excluding carboxylic acids is 2. The zero-order valence-electron chi connectivity index (χ0n) is 18.2. The minimum absolute atomic E-state index is 0.164. The highest BCUT2D eigenvalue weighted by molar-refractivity contribution is 9.10. The van der Waals surface area contributed by atoms with Crippen LogP contribution >= 0.6 is 15.9 Å². The fourth-order valence-electron chi connectivity index (χ4n) is 3.41. The van der Waals surface area contributed by atoms with Gasteiger partial charge in [0, 0.05) is 15.7 Å². The highest BCUT2D eigenvalue weighted by atomic mass is 79.9. The molecule has 1 N–H and O–H groups in total. The van der Waals surface area contributed by atoms with E-state index in [1.54, 1.807) is 19.1 Å². The van der Waals surface area contributed by atoms with Gasteiger partial charge >= 0.3 is 0 Å². The van der Waals surface area contributed by atoms with Crippen LogP contribution in [-0.4, -0.2) is 24.1 Å². The van der Waals surface area contributed by atoms with Crippen molar-refractivity contribution in [3.8, 4) is 5.75 Å². The number of carbonyl (C=O) groups is 2. The van der Waals surface area contributed by atoms with Crippen LogP contribution in [0, 0.1) is 6.92 Å². The van der Waals surface area contributed by atoms with Crippen molar-refractivity contribution in [3.05, 3.63) is 94.0 Å². The number of halogens is 1. The van der Waals surface area contributed by atoms with Gasteiger partial charge in [-0.25, -0.2) is 0 Å². The van der Waals surface area contributed by atoms with Gasteiger partial charge in [-0.3, -0.25) is 9.59 Å². The molecule has 0 atom stereocenters. The molecule has 33 heavy (non-hydrogen) atoms. The van der Waals surface area contributed by atoms with E-state index >= 15 is 0 Å². The van der Waals surface area contributed by atoms with Crippen LogP contribution < -0.4 is 15.1 Å². The summed E-state index contributed by atoms with van der Waals surface area (Å²) >= 11 is 3.47. The zero-order valence-corrected chi connectivity index (χ0v) is 19.8. The van der Waals surface area contributed by atoms with Gasteiger partial charge in [-0.05, 0) is 68.0 Å². The van der Waals surface area contributed by atoms with Crippen molar-refractivity contribution in [1.82, 2.24) is 0 Å². The van der Waals surface area contributed by atoms with Crippen LogP contribution in [0.2, 0.25) is 0 Å². The Labute approximate surface area is 200 Å². The minimum Gasteiger partial charge on any atom is -0.483 e. The van der Waals surface area contributed by atoms with E-state index in [2.05, 4.69) is 26.3 Å². The summed E-state index contributed by atoms with van der Waals surface area (Å²) in [7, 11) is 0. The largest absolute Gasteiger partial charge is 0.483 e. The Morgan fingerprint density at radius 2 is 1.85 bits per heavy atom. The average Bonchev–Trinajstić information content (AvgIpc) is 3.07. The molecule has 1 aliphatic heterocycles. The molecule has 1 aliphatic rings. The number of nitrogens with one attached hydrogen (secondary N) is 1. The standard InChI is InChI=1S/C26H22BrN3O3/c1-17-7-6-8-21(13-17)28-25(31)16-33-24-12-11-20(27)14-19(24)15-23-18(2)29-30(26(23)32)22-9-4-3-5-10-22/h3-15H,16H2,1-2H3,(H,28,31)/b23-15+. The molecule has 0 saturated heterocycles. The lowest BCUT2D eigenvalue weighted by Gasteiger charge is -2.12. The molecular formula is C26H22BrN3O3. The first-order chi connectivity index (χ1) is 15.9. The molecule has 7 heteroatoms. The van der Waals surface area contributed by atoms with E-state index in [1.165, 1.54) is 5.01 Å². The Bertz CT molecular complexity index is 1270. The van der Waals surface area contributed by atoms with E-state index in [9.17, 15) is 9.59 Å². The summed E-state index contributed by atoms with van der Waals surface area (Å²) in [6, 6.07) is 22.2. The Morgan fingerprint density at radius 3 is 2.61 bits per heavy atom. The number of anilines is 2. The van der Waals surface area contributed by atoms with Crippen molar-refractivity contribution < 1.29 is 14.3 Å². The summed E-state index contributed by atoms with van der Waals surface area (Å²) in [6.45, 7) is 3.59. The molecule has 0 spiro atoms. The van der Waals surface area contributed by atoms with Crippen LogP contribution in [0.5, 0.6) is 5.75 Å². The molecule has 2 amide bonds. The third-order valence-corrected chi connectivity index (χ3v) is 5.49. The SMILES string of the molecule is CC1=NN(c2ccccc2)C(=O)/C1=C/c1cc(Br)ccc1OCC(=O)Nc1cccc(C)c1. The van der Waals surface area contributed by atoms with Crippen LogP contribution in [0.25, 0.3) is 6.08 Å². The smallest absolute Gasteiger partial charge is 0.280 e. The number of amides is 2. The fourth-order valence-corrected chi connectivity index (χ4v) is 3.79. The highest BCUT2D eigenvalue weighted by Gasteiger charge is 2.29. The molecular weight excluding hydrogens is 482 g/mol. The lowest BCUT2D eigenvalue weighted by molar-refractivity contribution is -0.118. The van der Waals surface area contributed by atoms with Gasteiger partial charge in [-0.15, -0.1) is 0 Å². The second-order valence-electron chi connectivity index (χ2n) is 7.58. The van der Waals surface area contributed by atoms with Crippen LogP contribution in [0.1, 0.15) is 18.1 Å². The van der Waals surface area contributed by atoms with Crippen LogP contribution in [-0.2, 0) is 9.59 Å². The van der Waals surface area contributed by atoms with E-state index in [0.717, 1.165) is 10.0 Å². The molecule has 6 nitrogen and oxygen atoms in total. The summed E-state index contributed by atoms with van der Waals surface area (Å²) in [5.74, 6) is -0.00210. The maximum atomic E-state index is 13.0. The summed E-state index contributed by atoms with van der Waals surface area (Å²) < 4.78 is 6.63. The number of aryl methyl sites for hydroxylation is 1. The van der Waals surface area contributed by atoms with Gasteiger partial charge < -0.3 is 10.1 Å². The van der Waals surface area contributed by atoms with Gasteiger partial charge in [-0.2, -0.15) is 10.1 Å². The molecule has 166 valence electrons. The van der Waals surface area contributed by atoms with Crippen molar-refractivity contribution in [2.45, 2.75) is 13.8 Å². The lowest BCUT2D eigenvalue weighted by atomic mass is 10.1. The molecule has 0 fully saturated rings. The van der Waals surface area contributed by atoms with Gasteiger partial charge in [0.05, 0.1) is 17.0 Å². The summed E-state index contributed by atoms with van der Waals surface area (Å²) in [4.78, 5) is 25.4. The molecule has 0 bridgehead atoms. The number of hydrazone groups is 1. The molecule has 0 aliphatic carbocycles. The first kappa shape index (κ1) is 22.5. The Kier molecular flexibility index (Phi) is 6.70. The number of ether oxygens (including phenoxy) is 1. The number of para-hydroxylation sites is 1. The van der Waals surface area contributed by atoms with Crippen LogP contribution in [0.3, 0.4) is 0 Å². The number of rotatable bonds is 6. The molecule has 3 aromatic carbocycles. The Hall–Kier alpha value is -3.71. The van der Waals surface area contributed by atoms with Gasteiger partial charge in [0.2, 0.25) is 0 Å². The van der Waals surface area contributed by atoms with Crippen LogP contribution in [0.15, 0.2) is 87.9 Å².